The normalized spacial score (nSPS) is 22.0. The van der Waals surface area contributed by atoms with Gasteiger partial charge in [0, 0.05) is 0 Å². The molecule has 94 valence electrons. The molecule has 0 amide bonds. The minimum atomic E-state index is -0.729. The zero-order chi connectivity index (χ0) is 11.6. The molecule has 0 unspecified atom stereocenters. The first-order chi connectivity index (χ1) is 7.79. The summed E-state index contributed by atoms with van der Waals surface area (Å²) in [6, 6.07) is 0. The third-order valence-corrected chi connectivity index (χ3v) is 2.72. The summed E-state index contributed by atoms with van der Waals surface area (Å²) in [7, 11) is 0. The van der Waals surface area contributed by atoms with Crippen molar-refractivity contribution in [3.05, 3.63) is 0 Å². The molecular formula is C11H23N3O2. The van der Waals surface area contributed by atoms with Crippen molar-refractivity contribution in [3.8, 4) is 0 Å². The van der Waals surface area contributed by atoms with Crippen LogP contribution in [0.5, 0.6) is 0 Å². The highest BCUT2D eigenvalue weighted by atomic mass is 16.4. The Bertz CT molecular complexity index is 188. The fourth-order valence-electron chi connectivity index (χ4n) is 1.90. The maximum absolute atomic E-state index is 10.7. The van der Waals surface area contributed by atoms with Crippen LogP contribution in [0.1, 0.15) is 19.3 Å². The molecule has 0 radical (unpaired) electrons. The number of nitrogens with one attached hydrogen (secondary N) is 2. The monoisotopic (exact) mass is 229 g/mol. The Morgan fingerprint density at radius 2 is 1.50 bits per heavy atom. The zero-order valence-electron chi connectivity index (χ0n) is 9.87. The molecule has 1 rings (SSSR count). The van der Waals surface area contributed by atoms with Crippen molar-refractivity contribution < 1.29 is 9.90 Å². The van der Waals surface area contributed by atoms with E-state index in [-0.39, 0.29) is 6.54 Å². The summed E-state index contributed by atoms with van der Waals surface area (Å²) in [4.78, 5) is 12.7. The van der Waals surface area contributed by atoms with Crippen molar-refractivity contribution in [2.24, 2.45) is 0 Å². The van der Waals surface area contributed by atoms with Gasteiger partial charge in [0.15, 0.2) is 0 Å². The van der Waals surface area contributed by atoms with Gasteiger partial charge in [-0.05, 0) is 58.5 Å². The molecule has 0 atom stereocenters. The van der Waals surface area contributed by atoms with Gasteiger partial charge in [-0.3, -0.25) is 9.69 Å². The lowest BCUT2D eigenvalue weighted by Crippen LogP contribution is -2.35. The van der Waals surface area contributed by atoms with Crippen molar-refractivity contribution in [2.45, 2.75) is 19.3 Å². The first-order valence-corrected chi connectivity index (χ1v) is 6.14. The number of carboxylic acids is 1. The fourth-order valence-corrected chi connectivity index (χ4v) is 1.90. The first kappa shape index (κ1) is 13.4. The van der Waals surface area contributed by atoms with E-state index in [0.29, 0.717) is 0 Å². The molecule has 0 bridgehead atoms. The summed E-state index contributed by atoms with van der Waals surface area (Å²) in [5.41, 5.74) is 0. The van der Waals surface area contributed by atoms with Gasteiger partial charge in [0.2, 0.25) is 0 Å². The van der Waals surface area contributed by atoms with Gasteiger partial charge in [-0.25, -0.2) is 0 Å². The molecule has 0 aromatic heterocycles. The Balaban J connectivity index is 2.27. The van der Waals surface area contributed by atoms with E-state index < -0.39 is 5.97 Å². The highest BCUT2D eigenvalue weighted by Crippen LogP contribution is 1.95. The van der Waals surface area contributed by atoms with E-state index >= 15 is 0 Å². The summed E-state index contributed by atoms with van der Waals surface area (Å²) in [5.74, 6) is -0.729. The van der Waals surface area contributed by atoms with Gasteiger partial charge in [-0.2, -0.15) is 0 Å². The maximum Gasteiger partial charge on any atom is 0.317 e. The standard InChI is InChI=1S/C11H23N3O2/c15-11(16)10-14-8-2-6-12-4-1-5-13-7-3-9-14/h12-13H,1-10H2,(H,15,16). The Hall–Kier alpha value is -0.650. The molecule has 16 heavy (non-hydrogen) atoms. The molecule has 5 nitrogen and oxygen atoms in total. The van der Waals surface area contributed by atoms with Crippen LogP contribution in [0.4, 0.5) is 0 Å². The summed E-state index contributed by atoms with van der Waals surface area (Å²) in [5, 5.41) is 15.5. The second-order valence-electron chi connectivity index (χ2n) is 4.23. The molecule has 0 aliphatic carbocycles. The van der Waals surface area contributed by atoms with Gasteiger partial charge in [-0.1, -0.05) is 0 Å². The molecule has 1 saturated heterocycles. The molecule has 1 heterocycles. The van der Waals surface area contributed by atoms with Gasteiger partial charge >= 0.3 is 5.97 Å². The lowest BCUT2D eigenvalue weighted by Gasteiger charge is -2.21. The number of carboxylic acid groups (broad SMARTS) is 1. The van der Waals surface area contributed by atoms with Crippen LogP contribution >= 0.6 is 0 Å². The third-order valence-electron chi connectivity index (χ3n) is 2.72. The SMILES string of the molecule is O=C(O)CN1CCCNCCCNCCC1. The van der Waals surface area contributed by atoms with Gasteiger partial charge in [0.25, 0.3) is 0 Å². The number of hydrogen-bond donors (Lipinski definition) is 3. The molecule has 0 spiro atoms. The van der Waals surface area contributed by atoms with E-state index in [2.05, 4.69) is 10.6 Å². The van der Waals surface area contributed by atoms with Crippen LogP contribution in [0.2, 0.25) is 0 Å². The molecule has 1 aliphatic heterocycles. The van der Waals surface area contributed by atoms with Crippen molar-refractivity contribution in [3.63, 3.8) is 0 Å². The van der Waals surface area contributed by atoms with E-state index in [1.807, 2.05) is 4.90 Å². The third kappa shape index (κ3) is 6.76. The Morgan fingerprint density at radius 1 is 1.00 bits per heavy atom. The zero-order valence-corrected chi connectivity index (χ0v) is 9.87. The molecule has 0 aromatic rings. The number of aliphatic carboxylic acids is 1. The van der Waals surface area contributed by atoms with Gasteiger partial charge in [-0.15, -0.1) is 0 Å². The second-order valence-corrected chi connectivity index (χ2v) is 4.23. The largest absolute Gasteiger partial charge is 0.480 e. The summed E-state index contributed by atoms with van der Waals surface area (Å²) < 4.78 is 0. The van der Waals surface area contributed by atoms with Crippen molar-refractivity contribution in [2.75, 3.05) is 45.8 Å². The molecule has 1 fully saturated rings. The Kier molecular flexibility index (Phi) is 7.12. The van der Waals surface area contributed by atoms with Crippen LogP contribution in [0.15, 0.2) is 0 Å². The van der Waals surface area contributed by atoms with Crippen LogP contribution in [0, 0.1) is 0 Å². The van der Waals surface area contributed by atoms with Crippen LogP contribution in [-0.4, -0.2) is 61.8 Å². The number of hydrogen-bond acceptors (Lipinski definition) is 4. The van der Waals surface area contributed by atoms with Crippen LogP contribution in [0.25, 0.3) is 0 Å². The van der Waals surface area contributed by atoms with Crippen LogP contribution < -0.4 is 10.6 Å². The van der Waals surface area contributed by atoms with Crippen LogP contribution in [-0.2, 0) is 4.79 Å². The number of nitrogens with zero attached hydrogens (tertiary/aromatic N) is 1. The van der Waals surface area contributed by atoms with Gasteiger partial charge < -0.3 is 15.7 Å². The van der Waals surface area contributed by atoms with Gasteiger partial charge in [0.05, 0.1) is 6.54 Å². The highest BCUT2D eigenvalue weighted by molar-refractivity contribution is 5.69. The lowest BCUT2D eigenvalue weighted by molar-refractivity contribution is -0.138. The second kappa shape index (κ2) is 8.50. The van der Waals surface area contributed by atoms with E-state index in [0.717, 1.165) is 52.1 Å². The van der Waals surface area contributed by atoms with Crippen molar-refractivity contribution in [1.29, 1.82) is 0 Å². The minimum Gasteiger partial charge on any atom is -0.480 e. The van der Waals surface area contributed by atoms with Crippen LogP contribution in [0.3, 0.4) is 0 Å². The van der Waals surface area contributed by atoms with Crippen molar-refractivity contribution >= 4 is 5.97 Å². The number of carbonyl (C=O) groups is 1. The molecule has 0 aromatic carbocycles. The maximum atomic E-state index is 10.7. The smallest absolute Gasteiger partial charge is 0.317 e. The average molecular weight is 229 g/mol. The molecule has 3 N–H and O–H groups in total. The van der Waals surface area contributed by atoms with E-state index in [1.165, 1.54) is 6.42 Å². The number of rotatable bonds is 2. The Morgan fingerprint density at radius 3 is 2.00 bits per heavy atom. The fraction of sp³-hybridized carbons (Fsp3) is 0.909. The Labute approximate surface area is 97.2 Å². The molecular weight excluding hydrogens is 206 g/mol. The van der Waals surface area contributed by atoms with E-state index in [4.69, 9.17) is 5.11 Å². The van der Waals surface area contributed by atoms with Gasteiger partial charge in [0.1, 0.15) is 0 Å². The molecule has 0 saturated carbocycles. The first-order valence-electron chi connectivity index (χ1n) is 6.14. The quantitative estimate of drug-likeness (QED) is 0.609. The van der Waals surface area contributed by atoms with E-state index in [9.17, 15) is 4.79 Å². The highest BCUT2D eigenvalue weighted by Gasteiger charge is 2.09. The minimum absolute atomic E-state index is 0.167. The predicted octanol–water partition coefficient (Wildman–Crippen LogP) is -0.264. The molecule has 5 heteroatoms. The summed E-state index contributed by atoms with van der Waals surface area (Å²) >= 11 is 0. The van der Waals surface area contributed by atoms with Crippen molar-refractivity contribution in [1.82, 2.24) is 15.5 Å². The predicted molar refractivity (Wildman–Crippen MR) is 63.7 cm³/mol. The summed E-state index contributed by atoms with van der Waals surface area (Å²) in [6.07, 6.45) is 3.22. The summed E-state index contributed by atoms with van der Waals surface area (Å²) in [6.45, 7) is 5.97. The molecule has 1 aliphatic rings. The van der Waals surface area contributed by atoms with E-state index in [1.54, 1.807) is 0 Å². The lowest BCUT2D eigenvalue weighted by atomic mass is 10.3. The average Bonchev–Trinajstić information content (AvgIpc) is 2.21. The topological polar surface area (TPSA) is 64.6 Å².